The van der Waals surface area contributed by atoms with Gasteiger partial charge in [-0.1, -0.05) is 0 Å². The lowest BCUT2D eigenvalue weighted by Crippen LogP contribution is -2.16. The van der Waals surface area contributed by atoms with Crippen molar-refractivity contribution in [3.05, 3.63) is 48.4 Å². The Bertz CT molecular complexity index is 839. The quantitative estimate of drug-likeness (QED) is 0.776. The van der Waals surface area contributed by atoms with Crippen molar-refractivity contribution in [1.82, 2.24) is 10.2 Å². The van der Waals surface area contributed by atoms with Gasteiger partial charge in [0.2, 0.25) is 0 Å². The maximum absolute atomic E-state index is 12.3. The first-order valence-electron chi connectivity index (χ1n) is 7.10. The third-order valence-corrected chi connectivity index (χ3v) is 3.40. The van der Waals surface area contributed by atoms with Crippen molar-refractivity contribution in [2.24, 2.45) is 0 Å². The standard InChI is InChI=1S/C16H13N3O4/c20-16(12-9-11(18-19-12)13-2-1-5-21-13)17-10-3-4-14-15(8-10)23-7-6-22-14/h1-5,8-9H,6-7H2,(H,17,20)(H,18,19). The summed E-state index contributed by atoms with van der Waals surface area (Å²) < 4.78 is 16.2. The normalized spacial score (nSPS) is 12.9. The Morgan fingerprint density at radius 2 is 2.00 bits per heavy atom. The van der Waals surface area contributed by atoms with Crippen LogP contribution >= 0.6 is 0 Å². The van der Waals surface area contributed by atoms with E-state index in [-0.39, 0.29) is 11.6 Å². The molecular formula is C16H13N3O4. The molecule has 0 atom stereocenters. The molecular weight excluding hydrogens is 298 g/mol. The Morgan fingerprint density at radius 1 is 1.13 bits per heavy atom. The zero-order valence-corrected chi connectivity index (χ0v) is 12.0. The highest BCUT2D eigenvalue weighted by molar-refractivity contribution is 6.03. The summed E-state index contributed by atoms with van der Waals surface area (Å²) >= 11 is 0. The number of aromatic nitrogens is 2. The topological polar surface area (TPSA) is 89.4 Å². The van der Waals surface area contributed by atoms with Crippen molar-refractivity contribution >= 4 is 11.6 Å². The van der Waals surface area contributed by atoms with Gasteiger partial charge in [0.05, 0.1) is 6.26 Å². The summed E-state index contributed by atoms with van der Waals surface area (Å²) in [5, 5.41) is 9.56. The highest BCUT2D eigenvalue weighted by Gasteiger charge is 2.15. The molecule has 0 spiro atoms. The predicted octanol–water partition coefficient (Wildman–Crippen LogP) is 2.69. The first kappa shape index (κ1) is 13.4. The lowest BCUT2D eigenvalue weighted by Gasteiger charge is -2.18. The maximum Gasteiger partial charge on any atom is 0.276 e. The Labute approximate surface area is 131 Å². The van der Waals surface area contributed by atoms with Gasteiger partial charge in [-0.25, -0.2) is 0 Å². The number of hydrogen-bond acceptors (Lipinski definition) is 5. The molecule has 2 aromatic heterocycles. The molecule has 1 amide bonds. The minimum absolute atomic E-state index is 0.270. The molecule has 1 aliphatic heterocycles. The number of H-pyrrole nitrogens is 1. The second-order valence-electron chi connectivity index (χ2n) is 4.96. The van der Waals surface area contributed by atoms with Crippen molar-refractivity contribution in [3.63, 3.8) is 0 Å². The van der Waals surface area contributed by atoms with E-state index in [1.165, 1.54) is 0 Å². The molecule has 23 heavy (non-hydrogen) atoms. The molecule has 2 N–H and O–H groups in total. The van der Waals surface area contributed by atoms with Gasteiger partial charge in [-0.05, 0) is 24.3 Å². The molecule has 7 heteroatoms. The van der Waals surface area contributed by atoms with Gasteiger partial charge in [0.1, 0.15) is 18.9 Å². The number of hydrogen-bond donors (Lipinski definition) is 2. The van der Waals surface area contributed by atoms with Crippen LogP contribution in [0.15, 0.2) is 47.1 Å². The van der Waals surface area contributed by atoms with E-state index in [1.807, 2.05) is 0 Å². The fourth-order valence-corrected chi connectivity index (χ4v) is 2.31. The molecule has 3 aromatic rings. The zero-order chi connectivity index (χ0) is 15.6. The van der Waals surface area contributed by atoms with Crippen LogP contribution in [-0.4, -0.2) is 29.3 Å². The Morgan fingerprint density at radius 3 is 2.83 bits per heavy atom. The molecule has 0 saturated carbocycles. The summed E-state index contributed by atoms with van der Waals surface area (Å²) in [6, 6.07) is 10.4. The van der Waals surface area contributed by atoms with E-state index in [9.17, 15) is 4.79 Å². The van der Waals surface area contributed by atoms with Crippen molar-refractivity contribution in [2.75, 3.05) is 18.5 Å². The van der Waals surface area contributed by atoms with E-state index in [0.29, 0.717) is 41.9 Å². The maximum atomic E-state index is 12.3. The number of fused-ring (bicyclic) bond motifs is 1. The smallest absolute Gasteiger partial charge is 0.276 e. The number of carbonyl (C=O) groups excluding carboxylic acids is 1. The van der Waals surface area contributed by atoms with Crippen LogP contribution in [0.5, 0.6) is 11.5 Å². The molecule has 3 heterocycles. The number of ether oxygens (including phenoxy) is 2. The van der Waals surface area contributed by atoms with E-state index >= 15 is 0 Å². The molecule has 0 radical (unpaired) electrons. The number of nitrogens with zero attached hydrogens (tertiary/aromatic N) is 1. The molecule has 0 fully saturated rings. The fourth-order valence-electron chi connectivity index (χ4n) is 2.31. The highest BCUT2D eigenvalue weighted by atomic mass is 16.6. The van der Waals surface area contributed by atoms with Crippen molar-refractivity contribution < 1.29 is 18.7 Å². The number of anilines is 1. The summed E-state index contributed by atoms with van der Waals surface area (Å²) in [5.41, 5.74) is 1.52. The molecule has 0 saturated heterocycles. The van der Waals surface area contributed by atoms with Crippen LogP contribution < -0.4 is 14.8 Å². The largest absolute Gasteiger partial charge is 0.486 e. The van der Waals surface area contributed by atoms with Gasteiger partial charge in [0.25, 0.3) is 5.91 Å². The van der Waals surface area contributed by atoms with E-state index < -0.39 is 0 Å². The monoisotopic (exact) mass is 311 g/mol. The number of rotatable bonds is 3. The van der Waals surface area contributed by atoms with Crippen LogP contribution in [0.4, 0.5) is 5.69 Å². The van der Waals surface area contributed by atoms with E-state index in [0.717, 1.165) is 0 Å². The Hall–Kier alpha value is -3.22. The first-order valence-corrected chi connectivity index (χ1v) is 7.10. The van der Waals surface area contributed by atoms with Crippen molar-refractivity contribution in [2.45, 2.75) is 0 Å². The summed E-state index contributed by atoms with van der Waals surface area (Å²) in [4.78, 5) is 12.3. The highest BCUT2D eigenvalue weighted by Crippen LogP contribution is 2.32. The molecule has 1 aliphatic rings. The van der Waals surface area contributed by atoms with Crippen LogP contribution in [-0.2, 0) is 0 Å². The molecule has 1 aromatic carbocycles. The average molecular weight is 311 g/mol. The van der Waals surface area contributed by atoms with Gasteiger partial charge >= 0.3 is 0 Å². The fraction of sp³-hybridized carbons (Fsp3) is 0.125. The zero-order valence-electron chi connectivity index (χ0n) is 12.0. The van der Waals surface area contributed by atoms with Gasteiger partial charge in [-0.3, -0.25) is 9.89 Å². The van der Waals surface area contributed by atoms with Crippen LogP contribution in [0, 0.1) is 0 Å². The predicted molar refractivity (Wildman–Crippen MR) is 81.7 cm³/mol. The number of carbonyl (C=O) groups is 1. The first-order chi connectivity index (χ1) is 11.3. The lowest BCUT2D eigenvalue weighted by molar-refractivity contribution is 0.102. The van der Waals surface area contributed by atoms with Gasteiger partial charge in [0.15, 0.2) is 23.0 Å². The van der Waals surface area contributed by atoms with Crippen LogP contribution in [0.25, 0.3) is 11.5 Å². The minimum atomic E-state index is -0.323. The van der Waals surface area contributed by atoms with E-state index in [2.05, 4.69) is 15.5 Å². The number of nitrogens with one attached hydrogen (secondary N) is 2. The lowest BCUT2D eigenvalue weighted by atomic mass is 10.2. The third-order valence-electron chi connectivity index (χ3n) is 3.40. The minimum Gasteiger partial charge on any atom is -0.486 e. The Balaban J connectivity index is 1.52. The van der Waals surface area contributed by atoms with Crippen LogP contribution in [0.2, 0.25) is 0 Å². The van der Waals surface area contributed by atoms with Gasteiger partial charge < -0.3 is 19.2 Å². The SMILES string of the molecule is O=C(Nc1ccc2c(c1)OCCO2)c1cc(-c2ccco2)[nH]n1. The summed E-state index contributed by atoms with van der Waals surface area (Å²) in [6.07, 6.45) is 1.56. The molecule has 0 aliphatic carbocycles. The van der Waals surface area contributed by atoms with E-state index in [4.69, 9.17) is 13.9 Å². The van der Waals surface area contributed by atoms with E-state index in [1.54, 1.807) is 42.7 Å². The molecule has 0 bridgehead atoms. The summed E-state index contributed by atoms with van der Waals surface area (Å²) in [6.45, 7) is 1.03. The second kappa shape index (κ2) is 5.53. The van der Waals surface area contributed by atoms with Crippen LogP contribution in [0.3, 0.4) is 0 Å². The average Bonchev–Trinajstić information content (AvgIpc) is 3.26. The van der Waals surface area contributed by atoms with Crippen molar-refractivity contribution in [1.29, 1.82) is 0 Å². The third kappa shape index (κ3) is 2.64. The van der Waals surface area contributed by atoms with Crippen molar-refractivity contribution in [3.8, 4) is 23.0 Å². The molecule has 0 unspecified atom stereocenters. The molecule has 4 rings (SSSR count). The Kier molecular flexibility index (Phi) is 3.23. The molecule has 7 nitrogen and oxygen atoms in total. The number of benzene rings is 1. The second-order valence-corrected chi connectivity index (χ2v) is 4.96. The number of amides is 1. The van der Waals surface area contributed by atoms with Crippen LogP contribution in [0.1, 0.15) is 10.5 Å². The summed E-state index contributed by atoms with van der Waals surface area (Å²) in [7, 11) is 0. The molecule has 116 valence electrons. The number of furan rings is 1. The van der Waals surface area contributed by atoms with Gasteiger partial charge in [0, 0.05) is 17.8 Å². The van der Waals surface area contributed by atoms with Gasteiger partial charge in [-0.15, -0.1) is 0 Å². The van der Waals surface area contributed by atoms with Gasteiger partial charge in [-0.2, -0.15) is 5.10 Å². The number of aromatic amines is 1. The summed E-state index contributed by atoms with van der Waals surface area (Å²) in [5.74, 6) is 1.59.